The number of carbonyl (C=O) groups is 1. The first-order valence-corrected chi connectivity index (χ1v) is 6.54. The van der Waals surface area contributed by atoms with E-state index in [0.29, 0.717) is 23.0 Å². The summed E-state index contributed by atoms with van der Waals surface area (Å²) in [5, 5.41) is 3.30. The molecule has 0 amide bonds. The SMILES string of the molecule is COC(=O)c1cccc(N)c1NCC1CCCN1C. The average Bonchev–Trinajstić information content (AvgIpc) is 2.82. The van der Waals surface area contributed by atoms with Gasteiger partial charge in [-0.1, -0.05) is 6.07 Å². The van der Waals surface area contributed by atoms with Crippen LogP contribution in [0.4, 0.5) is 11.4 Å². The molecular formula is C14H21N3O2. The summed E-state index contributed by atoms with van der Waals surface area (Å²) in [6, 6.07) is 5.76. The number of likely N-dealkylation sites (tertiary alicyclic amines) is 1. The number of methoxy groups -OCH3 is 1. The lowest BCUT2D eigenvalue weighted by molar-refractivity contribution is 0.0602. The van der Waals surface area contributed by atoms with E-state index < -0.39 is 0 Å². The van der Waals surface area contributed by atoms with Crippen LogP contribution in [0.3, 0.4) is 0 Å². The van der Waals surface area contributed by atoms with E-state index in [4.69, 9.17) is 10.5 Å². The number of likely N-dealkylation sites (N-methyl/N-ethyl adjacent to an activating group) is 1. The van der Waals surface area contributed by atoms with Crippen LogP contribution in [0.25, 0.3) is 0 Å². The van der Waals surface area contributed by atoms with Crippen LogP contribution in [0.1, 0.15) is 23.2 Å². The lowest BCUT2D eigenvalue weighted by Crippen LogP contribution is -2.32. The number of nitrogen functional groups attached to an aromatic ring is 1. The molecule has 2 rings (SSSR count). The fourth-order valence-corrected chi connectivity index (χ4v) is 2.50. The van der Waals surface area contributed by atoms with Crippen molar-refractivity contribution >= 4 is 17.3 Å². The number of carbonyl (C=O) groups excluding carboxylic acids is 1. The second-order valence-electron chi connectivity index (χ2n) is 4.92. The average molecular weight is 263 g/mol. The van der Waals surface area contributed by atoms with Crippen LogP contribution in [0, 0.1) is 0 Å². The molecule has 1 aromatic carbocycles. The third-order valence-electron chi connectivity index (χ3n) is 3.69. The summed E-state index contributed by atoms with van der Waals surface area (Å²) < 4.78 is 4.78. The maximum atomic E-state index is 11.7. The molecule has 104 valence electrons. The number of ether oxygens (including phenoxy) is 1. The van der Waals surface area contributed by atoms with Gasteiger partial charge >= 0.3 is 5.97 Å². The molecule has 0 spiro atoms. The van der Waals surface area contributed by atoms with E-state index in [1.807, 2.05) is 0 Å². The highest BCUT2D eigenvalue weighted by Crippen LogP contribution is 2.25. The topological polar surface area (TPSA) is 67.6 Å². The van der Waals surface area contributed by atoms with Crippen LogP contribution in [0.15, 0.2) is 18.2 Å². The zero-order valence-corrected chi connectivity index (χ0v) is 11.5. The van der Waals surface area contributed by atoms with Crippen molar-refractivity contribution in [2.75, 3.05) is 38.3 Å². The predicted molar refractivity (Wildman–Crippen MR) is 76.3 cm³/mol. The molecule has 0 radical (unpaired) electrons. The van der Waals surface area contributed by atoms with Gasteiger partial charge < -0.3 is 20.7 Å². The third-order valence-corrected chi connectivity index (χ3v) is 3.69. The smallest absolute Gasteiger partial charge is 0.340 e. The van der Waals surface area contributed by atoms with Gasteiger partial charge in [0.25, 0.3) is 0 Å². The van der Waals surface area contributed by atoms with Crippen LogP contribution in [0.5, 0.6) is 0 Å². The number of para-hydroxylation sites is 1. The van der Waals surface area contributed by atoms with Crippen LogP contribution in [-0.4, -0.2) is 44.2 Å². The van der Waals surface area contributed by atoms with Gasteiger partial charge in [-0.2, -0.15) is 0 Å². The molecule has 0 aliphatic carbocycles. The fraction of sp³-hybridized carbons (Fsp3) is 0.500. The Labute approximate surface area is 113 Å². The Hall–Kier alpha value is -1.75. The number of nitrogens with one attached hydrogen (secondary N) is 1. The maximum absolute atomic E-state index is 11.7. The molecule has 1 fully saturated rings. The van der Waals surface area contributed by atoms with Crippen molar-refractivity contribution in [2.24, 2.45) is 0 Å². The van der Waals surface area contributed by atoms with Crippen molar-refractivity contribution in [3.63, 3.8) is 0 Å². The Morgan fingerprint density at radius 1 is 1.58 bits per heavy atom. The first-order chi connectivity index (χ1) is 9.13. The quantitative estimate of drug-likeness (QED) is 0.637. The maximum Gasteiger partial charge on any atom is 0.340 e. The van der Waals surface area contributed by atoms with Crippen LogP contribution >= 0.6 is 0 Å². The van der Waals surface area contributed by atoms with Crippen molar-refractivity contribution in [3.05, 3.63) is 23.8 Å². The van der Waals surface area contributed by atoms with Crippen molar-refractivity contribution in [1.29, 1.82) is 0 Å². The summed E-state index contributed by atoms with van der Waals surface area (Å²) in [6.45, 7) is 1.91. The summed E-state index contributed by atoms with van der Waals surface area (Å²) in [6.07, 6.45) is 2.39. The minimum absolute atomic E-state index is 0.366. The number of anilines is 2. The summed E-state index contributed by atoms with van der Waals surface area (Å²) in [5.74, 6) is -0.366. The highest BCUT2D eigenvalue weighted by molar-refractivity contribution is 5.98. The molecule has 0 saturated carbocycles. The van der Waals surface area contributed by atoms with Gasteiger partial charge in [-0.3, -0.25) is 0 Å². The highest BCUT2D eigenvalue weighted by atomic mass is 16.5. The van der Waals surface area contributed by atoms with Gasteiger partial charge in [-0.25, -0.2) is 4.79 Å². The van der Waals surface area contributed by atoms with Crippen molar-refractivity contribution in [2.45, 2.75) is 18.9 Å². The summed E-state index contributed by atoms with van der Waals surface area (Å²) >= 11 is 0. The lowest BCUT2D eigenvalue weighted by atomic mass is 10.1. The van der Waals surface area contributed by atoms with E-state index in [9.17, 15) is 4.79 Å². The molecule has 5 heteroatoms. The van der Waals surface area contributed by atoms with Gasteiger partial charge in [-0.15, -0.1) is 0 Å². The molecule has 19 heavy (non-hydrogen) atoms. The molecule has 0 bridgehead atoms. The predicted octanol–water partition coefficient (Wildman–Crippen LogP) is 1.56. The van der Waals surface area contributed by atoms with E-state index in [0.717, 1.165) is 13.1 Å². The number of rotatable bonds is 4. The Morgan fingerprint density at radius 2 is 2.37 bits per heavy atom. The van der Waals surface area contributed by atoms with Crippen molar-refractivity contribution in [3.8, 4) is 0 Å². The van der Waals surface area contributed by atoms with Gasteiger partial charge in [0.15, 0.2) is 0 Å². The Kier molecular flexibility index (Phi) is 4.27. The number of nitrogens with two attached hydrogens (primary N) is 1. The number of nitrogens with zero attached hydrogens (tertiary/aromatic N) is 1. The van der Waals surface area contributed by atoms with Crippen LogP contribution in [0.2, 0.25) is 0 Å². The molecule has 1 aliphatic rings. The van der Waals surface area contributed by atoms with Gasteiger partial charge in [-0.05, 0) is 38.6 Å². The first-order valence-electron chi connectivity index (χ1n) is 6.54. The first kappa shape index (κ1) is 13.7. The Bertz CT molecular complexity index is 462. The third kappa shape index (κ3) is 2.98. The standard InChI is InChI=1S/C14H21N3O2/c1-17-8-4-5-10(17)9-16-13-11(14(18)19-2)6-3-7-12(13)15/h3,6-7,10,16H,4-5,8-9,15H2,1-2H3. The number of hydrogen-bond donors (Lipinski definition) is 2. The molecule has 1 saturated heterocycles. The molecule has 1 atom stereocenters. The van der Waals surface area contributed by atoms with Gasteiger partial charge in [0, 0.05) is 12.6 Å². The Morgan fingerprint density at radius 3 is 3.00 bits per heavy atom. The molecule has 1 heterocycles. The zero-order chi connectivity index (χ0) is 13.8. The van der Waals surface area contributed by atoms with Crippen molar-refractivity contribution < 1.29 is 9.53 Å². The number of esters is 1. The fourth-order valence-electron chi connectivity index (χ4n) is 2.50. The molecule has 3 N–H and O–H groups in total. The summed E-state index contributed by atoms with van der Waals surface area (Å²) in [5.41, 5.74) is 7.69. The van der Waals surface area contributed by atoms with E-state index in [2.05, 4.69) is 17.3 Å². The largest absolute Gasteiger partial charge is 0.465 e. The molecular weight excluding hydrogens is 242 g/mol. The molecule has 5 nitrogen and oxygen atoms in total. The van der Waals surface area contributed by atoms with Gasteiger partial charge in [0.2, 0.25) is 0 Å². The monoisotopic (exact) mass is 263 g/mol. The van der Waals surface area contributed by atoms with Crippen molar-refractivity contribution in [1.82, 2.24) is 4.90 Å². The molecule has 1 unspecified atom stereocenters. The molecule has 1 aliphatic heterocycles. The van der Waals surface area contributed by atoms with E-state index in [1.54, 1.807) is 18.2 Å². The highest BCUT2D eigenvalue weighted by Gasteiger charge is 2.22. The van der Waals surface area contributed by atoms with E-state index in [1.165, 1.54) is 20.0 Å². The normalized spacial score (nSPS) is 19.4. The Balaban J connectivity index is 2.12. The number of benzene rings is 1. The minimum Gasteiger partial charge on any atom is -0.465 e. The molecule has 0 aromatic heterocycles. The van der Waals surface area contributed by atoms with Gasteiger partial charge in [0.05, 0.1) is 24.0 Å². The molecule has 1 aromatic rings. The van der Waals surface area contributed by atoms with Gasteiger partial charge in [0.1, 0.15) is 0 Å². The minimum atomic E-state index is -0.366. The van der Waals surface area contributed by atoms with E-state index >= 15 is 0 Å². The van der Waals surface area contributed by atoms with Crippen LogP contribution in [-0.2, 0) is 4.74 Å². The second-order valence-corrected chi connectivity index (χ2v) is 4.92. The summed E-state index contributed by atoms with van der Waals surface area (Å²) in [7, 11) is 3.50. The van der Waals surface area contributed by atoms with Crippen LogP contribution < -0.4 is 11.1 Å². The summed E-state index contributed by atoms with van der Waals surface area (Å²) in [4.78, 5) is 14.0. The number of hydrogen-bond acceptors (Lipinski definition) is 5. The lowest BCUT2D eigenvalue weighted by Gasteiger charge is -2.21. The second kappa shape index (κ2) is 5.93. The van der Waals surface area contributed by atoms with E-state index in [-0.39, 0.29) is 5.97 Å². The zero-order valence-electron chi connectivity index (χ0n) is 11.5.